The lowest BCUT2D eigenvalue weighted by Crippen LogP contribution is -2.09. The number of anilines is 1. The van der Waals surface area contributed by atoms with E-state index in [-0.39, 0.29) is 0 Å². The highest BCUT2D eigenvalue weighted by Gasteiger charge is 2.11. The van der Waals surface area contributed by atoms with Gasteiger partial charge in [0.25, 0.3) is 0 Å². The molecule has 106 valence electrons. The van der Waals surface area contributed by atoms with E-state index in [1.165, 1.54) is 5.39 Å². The zero-order chi connectivity index (χ0) is 14.8. The summed E-state index contributed by atoms with van der Waals surface area (Å²) in [5.41, 5.74) is 2.92. The number of hydrogen-bond acceptors (Lipinski definition) is 2. The standard InChI is InChI=1S/C19H19NO/c1-20(2)18-9-5-8-16(13-18)19(21)17-11-10-14-6-3-4-7-15(14)12-17/h3-13,19,21H,1-2H3. The Kier molecular flexibility index (Phi) is 3.63. The van der Waals surface area contributed by atoms with Gasteiger partial charge in [-0.1, -0.05) is 48.5 Å². The first-order valence-electron chi connectivity index (χ1n) is 7.09. The maximum Gasteiger partial charge on any atom is 0.104 e. The number of benzene rings is 3. The molecule has 0 aliphatic carbocycles. The van der Waals surface area contributed by atoms with E-state index >= 15 is 0 Å². The molecule has 2 heteroatoms. The van der Waals surface area contributed by atoms with Crippen LogP contribution in [0.3, 0.4) is 0 Å². The predicted molar refractivity (Wildman–Crippen MR) is 88.8 cm³/mol. The van der Waals surface area contributed by atoms with E-state index in [2.05, 4.69) is 24.3 Å². The van der Waals surface area contributed by atoms with Gasteiger partial charge in [0.2, 0.25) is 0 Å². The van der Waals surface area contributed by atoms with Crippen molar-refractivity contribution in [2.45, 2.75) is 6.10 Å². The second kappa shape index (κ2) is 5.58. The van der Waals surface area contributed by atoms with Crippen LogP contribution in [0.2, 0.25) is 0 Å². The van der Waals surface area contributed by atoms with Crippen LogP contribution in [-0.4, -0.2) is 19.2 Å². The molecule has 0 amide bonds. The summed E-state index contributed by atoms with van der Waals surface area (Å²) in [5, 5.41) is 13.0. The number of hydrogen-bond donors (Lipinski definition) is 1. The fourth-order valence-electron chi connectivity index (χ4n) is 2.54. The molecule has 0 saturated carbocycles. The lowest BCUT2D eigenvalue weighted by molar-refractivity contribution is 0.220. The van der Waals surface area contributed by atoms with E-state index in [0.29, 0.717) is 0 Å². The van der Waals surface area contributed by atoms with Crippen LogP contribution in [0.1, 0.15) is 17.2 Å². The summed E-state index contributed by atoms with van der Waals surface area (Å²) in [4.78, 5) is 2.04. The van der Waals surface area contributed by atoms with Crippen LogP contribution in [0.15, 0.2) is 66.7 Å². The van der Waals surface area contributed by atoms with E-state index < -0.39 is 6.10 Å². The van der Waals surface area contributed by atoms with E-state index in [9.17, 15) is 5.11 Å². The molecule has 2 nitrogen and oxygen atoms in total. The first kappa shape index (κ1) is 13.7. The van der Waals surface area contributed by atoms with Gasteiger partial charge in [0.1, 0.15) is 6.10 Å². The summed E-state index contributed by atoms with van der Waals surface area (Å²) in [6.45, 7) is 0. The Balaban J connectivity index is 1.99. The molecule has 0 spiro atoms. The molecule has 0 aliphatic rings. The predicted octanol–water partition coefficient (Wildman–Crippen LogP) is 3.99. The lowest BCUT2D eigenvalue weighted by Gasteiger charge is -2.17. The van der Waals surface area contributed by atoms with Gasteiger partial charge in [-0.15, -0.1) is 0 Å². The first-order valence-corrected chi connectivity index (χ1v) is 7.09. The van der Waals surface area contributed by atoms with Crippen LogP contribution in [0, 0.1) is 0 Å². The monoisotopic (exact) mass is 277 g/mol. The van der Waals surface area contributed by atoms with Gasteiger partial charge < -0.3 is 10.0 Å². The highest BCUT2D eigenvalue weighted by molar-refractivity contribution is 5.83. The summed E-state index contributed by atoms with van der Waals surface area (Å²) in [6.07, 6.45) is -0.602. The van der Waals surface area contributed by atoms with Crippen LogP contribution in [0.25, 0.3) is 10.8 Å². The maximum absolute atomic E-state index is 10.6. The van der Waals surface area contributed by atoms with Crippen molar-refractivity contribution >= 4 is 16.5 Å². The molecule has 3 rings (SSSR count). The minimum Gasteiger partial charge on any atom is -0.384 e. The van der Waals surface area contributed by atoms with Crippen LogP contribution in [0.4, 0.5) is 5.69 Å². The summed E-state index contributed by atoms with van der Waals surface area (Å²) in [6, 6.07) is 22.3. The van der Waals surface area contributed by atoms with Crippen molar-refractivity contribution in [3.63, 3.8) is 0 Å². The molecule has 0 heterocycles. The zero-order valence-electron chi connectivity index (χ0n) is 12.3. The average molecular weight is 277 g/mol. The van der Waals surface area contributed by atoms with Crippen LogP contribution in [0.5, 0.6) is 0 Å². The van der Waals surface area contributed by atoms with Gasteiger partial charge in [0.05, 0.1) is 0 Å². The Morgan fingerprint density at radius 3 is 2.24 bits per heavy atom. The van der Waals surface area contributed by atoms with Gasteiger partial charge in [-0.05, 0) is 40.1 Å². The maximum atomic E-state index is 10.6. The second-order valence-corrected chi connectivity index (χ2v) is 5.50. The lowest BCUT2D eigenvalue weighted by atomic mass is 9.98. The Hall–Kier alpha value is -2.32. The van der Waals surface area contributed by atoms with E-state index in [4.69, 9.17) is 0 Å². The minimum atomic E-state index is -0.602. The molecule has 0 radical (unpaired) electrons. The Morgan fingerprint density at radius 2 is 1.48 bits per heavy atom. The Bertz CT molecular complexity index is 764. The minimum absolute atomic E-state index is 0.602. The molecular weight excluding hydrogens is 258 g/mol. The van der Waals surface area contributed by atoms with Crippen molar-refractivity contribution in [1.82, 2.24) is 0 Å². The van der Waals surface area contributed by atoms with E-state index in [1.807, 2.05) is 61.5 Å². The van der Waals surface area contributed by atoms with Gasteiger partial charge in [0, 0.05) is 19.8 Å². The first-order chi connectivity index (χ1) is 10.1. The van der Waals surface area contributed by atoms with Gasteiger partial charge in [-0.3, -0.25) is 0 Å². The third-order valence-corrected chi connectivity index (χ3v) is 3.79. The van der Waals surface area contributed by atoms with Crippen molar-refractivity contribution in [2.75, 3.05) is 19.0 Å². The van der Waals surface area contributed by atoms with Crippen molar-refractivity contribution < 1.29 is 5.11 Å². The molecular formula is C19H19NO. The van der Waals surface area contributed by atoms with Crippen molar-refractivity contribution in [2.24, 2.45) is 0 Å². The molecule has 0 aliphatic heterocycles. The molecule has 3 aromatic carbocycles. The van der Waals surface area contributed by atoms with Gasteiger partial charge in [-0.2, -0.15) is 0 Å². The van der Waals surface area contributed by atoms with Crippen molar-refractivity contribution in [1.29, 1.82) is 0 Å². The third kappa shape index (κ3) is 2.76. The summed E-state index contributed by atoms with van der Waals surface area (Å²) >= 11 is 0. The number of fused-ring (bicyclic) bond motifs is 1. The number of nitrogens with zero attached hydrogens (tertiary/aromatic N) is 1. The molecule has 1 N–H and O–H groups in total. The molecule has 0 bridgehead atoms. The number of aliphatic hydroxyl groups is 1. The highest BCUT2D eigenvalue weighted by atomic mass is 16.3. The largest absolute Gasteiger partial charge is 0.384 e. The molecule has 0 saturated heterocycles. The third-order valence-electron chi connectivity index (χ3n) is 3.79. The highest BCUT2D eigenvalue weighted by Crippen LogP contribution is 2.27. The van der Waals surface area contributed by atoms with Crippen LogP contribution in [-0.2, 0) is 0 Å². The SMILES string of the molecule is CN(C)c1cccc(C(O)c2ccc3ccccc3c2)c1. The number of rotatable bonds is 3. The summed E-state index contributed by atoms with van der Waals surface area (Å²) in [7, 11) is 4.00. The van der Waals surface area contributed by atoms with Crippen molar-refractivity contribution in [3.05, 3.63) is 77.9 Å². The normalized spacial score (nSPS) is 12.3. The Labute approximate surface area is 125 Å². The molecule has 0 fully saturated rings. The molecule has 1 atom stereocenters. The van der Waals surface area contributed by atoms with Crippen LogP contribution >= 0.6 is 0 Å². The number of aliphatic hydroxyl groups excluding tert-OH is 1. The fraction of sp³-hybridized carbons (Fsp3) is 0.158. The van der Waals surface area contributed by atoms with E-state index in [0.717, 1.165) is 22.2 Å². The van der Waals surface area contributed by atoms with Crippen molar-refractivity contribution in [3.8, 4) is 0 Å². The quantitative estimate of drug-likeness (QED) is 0.782. The molecule has 21 heavy (non-hydrogen) atoms. The summed E-state index contributed by atoms with van der Waals surface area (Å²) < 4.78 is 0. The molecule has 3 aromatic rings. The van der Waals surface area contributed by atoms with Gasteiger partial charge >= 0.3 is 0 Å². The van der Waals surface area contributed by atoms with E-state index in [1.54, 1.807) is 0 Å². The van der Waals surface area contributed by atoms with Gasteiger partial charge in [-0.25, -0.2) is 0 Å². The second-order valence-electron chi connectivity index (χ2n) is 5.50. The average Bonchev–Trinajstić information content (AvgIpc) is 2.53. The zero-order valence-corrected chi connectivity index (χ0v) is 12.3. The smallest absolute Gasteiger partial charge is 0.104 e. The van der Waals surface area contributed by atoms with Crippen LogP contribution < -0.4 is 4.90 Å². The topological polar surface area (TPSA) is 23.5 Å². The van der Waals surface area contributed by atoms with Gasteiger partial charge in [0.15, 0.2) is 0 Å². The molecule has 0 aromatic heterocycles. The summed E-state index contributed by atoms with van der Waals surface area (Å²) in [5.74, 6) is 0. The molecule has 1 unspecified atom stereocenters. The fourth-order valence-corrected chi connectivity index (χ4v) is 2.54. The Morgan fingerprint density at radius 1 is 0.762 bits per heavy atom.